The summed E-state index contributed by atoms with van der Waals surface area (Å²) in [6, 6.07) is 6.84. The van der Waals surface area contributed by atoms with E-state index >= 15 is 0 Å². The zero-order valence-electron chi connectivity index (χ0n) is 16.7. The number of nitriles is 1. The van der Waals surface area contributed by atoms with Crippen molar-refractivity contribution in [3.8, 4) is 11.8 Å². The number of rotatable bonds is 2. The Kier molecular flexibility index (Phi) is 4.18. The van der Waals surface area contributed by atoms with Crippen LogP contribution in [0.25, 0.3) is 16.7 Å². The summed E-state index contributed by atoms with van der Waals surface area (Å²) in [6.07, 6.45) is 3.07. The topological polar surface area (TPSA) is 57.7 Å². The van der Waals surface area contributed by atoms with Gasteiger partial charge >= 0.3 is 0 Å². The van der Waals surface area contributed by atoms with E-state index in [2.05, 4.69) is 62.5 Å². The van der Waals surface area contributed by atoms with Gasteiger partial charge < -0.3 is 9.47 Å². The van der Waals surface area contributed by atoms with Crippen LogP contribution in [0, 0.1) is 44.9 Å². The van der Waals surface area contributed by atoms with E-state index in [1.54, 1.807) is 0 Å². The molecular formula is C21H24BN5. The molecule has 3 aromatic rings. The molecule has 1 fully saturated rings. The van der Waals surface area contributed by atoms with Crippen molar-refractivity contribution in [1.29, 1.82) is 5.26 Å². The smallest absolute Gasteiger partial charge is 0.150 e. The fraction of sp³-hybridized carbons (Fsp3) is 0.381. The van der Waals surface area contributed by atoms with Gasteiger partial charge in [-0.3, -0.25) is 0 Å². The average molecular weight is 357 g/mol. The molecule has 1 aliphatic heterocycles. The number of nitrogens with zero attached hydrogens (tertiary/aromatic N) is 5. The van der Waals surface area contributed by atoms with Gasteiger partial charge in [-0.2, -0.15) is 5.26 Å². The second-order valence-corrected chi connectivity index (χ2v) is 7.78. The molecule has 1 unspecified atom stereocenters. The highest BCUT2D eigenvalue weighted by atomic mass is 15.2. The first kappa shape index (κ1) is 17.6. The second kappa shape index (κ2) is 6.42. The molecule has 0 bridgehead atoms. The maximum Gasteiger partial charge on any atom is 0.150 e. The summed E-state index contributed by atoms with van der Waals surface area (Å²) in [6.45, 7) is 10.00. The summed E-state index contributed by atoms with van der Waals surface area (Å²) < 4.78 is 2.21. The minimum Gasteiger partial charge on any atom is -0.355 e. The first-order valence-electron chi connectivity index (χ1n) is 9.48. The number of benzene rings is 1. The molecule has 0 spiro atoms. The Labute approximate surface area is 161 Å². The summed E-state index contributed by atoms with van der Waals surface area (Å²) in [5.74, 6) is 1.81. The molecule has 4 rings (SSSR count). The standard InChI is InChI=1S/C21H24BN5/c1-12-7-17(22)8-13(2)19(12)27-10-14(3)18-20(24-15(4)25-21(18)27)26-6-5-16(9-23)11-26/h7-8,10,16H,5-6,11,22H2,1-4H3. The van der Waals surface area contributed by atoms with Crippen molar-refractivity contribution in [2.24, 2.45) is 5.92 Å². The molecule has 136 valence electrons. The van der Waals surface area contributed by atoms with Gasteiger partial charge in [-0.1, -0.05) is 17.6 Å². The minimum atomic E-state index is 0.0827. The first-order valence-corrected chi connectivity index (χ1v) is 9.48. The van der Waals surface area contributed by atoms with Gasteiger partial charge in [-0.15, -0.1) is 0 Å². The zero-order valence-corrected chi connectivity index (χ0v) is 16.7. The molecule has 1 aliphatic rings. The van der Waals surface area contributed by atoms with Crippen LogP contribution in [0.2, 0.25) is 0 Å². The lowest BCUT2D eigenvalue weighted by atomic mass is 9.91. The number of aryl methyl sites for hydroxylation is 4. The van der Waals surface area contributed by atoms with E-state index in [-0.39, 0.29) is 5.92 Å². The second-order valence-electron chi connectivity index (χ2n) is 7.78. The maximum absolute atomic E-state index is 9.28. The van der Waals surface area contributed by atoms with Crippen LogP contribution in [0.3, 0.4) is 0 Å². The largest absolute Gasteiger partial charge is 0.355 e. The quantitative estimate of drug-likeness (QED) is 0.660. The zero-order chi connectivity index (χ0) is 19.3. The SMILES string of the molecule is Bc1cc(C)c(-n2cc(C)c3c(N4CCC(C#N)C4)nc(C)nc32)c(C)c1. The van der Waals surface area contributed by atoms with Crippen LogP contribution in [0.5, 0.6) is 0 Å². The van der Waals surface area contributed by atoms with Crippen LogP contribution < -0.4 is 10.4 Å². The number of fused-ring (bicyclic) bond motifs is 1. The lowest BCUT2D eigenvalue weighted by Crippen LogP contribution is -2.21. The summed E-state index contributed by atoms with van der Waals surface area (Å²) in [5.41, 5.74) is 7.07. The van der Waals surface area contributed by atoms with Gasteiger partial charge in [-0.25, -0.2) is 9.97 Å². The van der Waals surface area contributed by atoms with Crippen LogP contribution in [0.1, 0.15) is 28.9 Å². The van der Waals surface area contributed by atoms with Crippen LogP contribution in [0.15, 0.2) is 18.3 Å². The van der Waals surface area contributed by atoms with E-state index in [9.17, 15) is 5.26 Å². The third kappa shape index (κ3) is 2.88. The molecule has 6 heteroatoms. The molecule has 5 nitrogen and oxygen atoms in total. The monoisotopic (exact) mass is 357 g/mol. The van der Waals surface area contributed by atoms with Gasteiger partial charge in [-0.05, 0) is 50.8 Å². The Morgan fingerprint density at radius 3 is 2.44 bits per heavy atom. The molecule has 0 radical (unpaired) electrons. The Hall–Kier alpha value is -2.81. The van der Waals surface area contributed by atoms with E-state index in [1.165, 1.54) is 27.8 Å². The fourth-order valence-corrected chi connectivity index (χ4v) is 4.40. The number of aromatic nitrogens is 3. The Balaban J connectivity index is 1.95. The first-order chi connectivity index (χ1) is 12.9. The molecule has 0 aliphatic carbocycles. The molecule has 3 heterocycles. The molecule has 2 aromatic heterocycles. The van der Waals surface area contributed by atoms with E-state index in [1.807, 2.05) is 6.92 Å². The Morgan fingerprint density at radius 1 is 1.11 bits per heavy atom. The van der Waals surface area contributed by atoms with Crippen molar-refractivity contribution in [1.82, 2.24) is 14.5 Å². The number of hydrogen-bond acceptors (Lipinski definition) is 4. The van der Waals surface area contributed by atoms with Gasteiger partial charge in [0, 0.05) is 19.3 Å². The van der Waals surface area contributed by atoms with Gasteiger partial charge in [0.25, 0.3) is 0 Å². The average Bonchev–Trinajstić information content (AvgIpc) is 3.19. The van der Waals surface area contributed by atoms with Crippen LogP contribution >= 0.6 is 0 Å². The van der Waals surface area contributed by atoms with Crippen molar-refractivity contribution >= 4 is 30.2 Å². The van der Waals surface area contributed by atoms with Gasteiger partial charge in [0.05, 0.1) is 23.1 Å². The highest BCUT2D eigenvalue weighted by Gasteiger charge is 2.27. The lowest BCUT2D eigenvalue weighted by molar-refractivity contribution is 0.754. The van der Waals surface area contributed by atoms with E-state index < -0.39 is 0 Å². The molecule has 0 amide bonds. The van der Waals surface area contributed by atoms with E-state index in [0.29, 0.717) is 0 Å². The van der Waals surface area contributed by atoms with Gasteiger partial charge in [0.15, 0.2) is 5.65 Å². The Morgan fingerprint density at radius 2 is 1.81 bits per heavy atom. The molecule has 1 saturated heterocycles. The Bertz CT molecular complexity index is 1070. The van der Waals surface area contributed by atoms with Crippen molar-refractivity contribution in [3.05, 3.63) is 40.8 Å². The normalized spacial score (nSPS) is 16.9. The lowest BCUT2D eigenvalue weighted by Gasteiger charge is -2.19. The predicted octanol–water partition coefficient (Wildman–Crippen LogP) is 2.26. The summed E-state index contributed by atoms with van der Waals surface area (Å²) in [7, 11) is 2.13. The van der Waals surface area contributed by atoms with E-state index in [4.69, 9.17) is 9.97 Å². The van der Waals surface area contributed by atoms with E-state index in [0.717, 1.165) is 42.2 Å². The number of hydrogen-bond donors (Lipinski definition) is 0. The third-order valence-electron chi connectivity index (χ3n) is 5.47. The van der Waals surface area contributed by atoms with Crippen molar-refractivity contribution in [2.75, 3.05) is 18.0 Å². The van der Waals surface area contributed by atoms with Gasteiger partial charge in [0.1, 0.15) is 19.5 Å². The molecule has 1 aromatic carbocycles. The summed E-state index contributed by atoms with van der Waals surface area (Å²) >= 11 is 0. The highest BCUT2D eigenvalue weighted by Crippen LogP contribution is 2.34. The van der Waals surface area contributed by atoms with Crippen molar-refractivity contribution in [2.45, 2.75) is 34.1 Å². The fourth-order valence-electron chi connectivity index (χ4n) is 4.40. The molecule has 27 heavy (non-hydrogen) atoms. The van der Waals surface area contributed by atoms with Crippen LogP contribution in [0.4, 0.5) is 5.82 Å². The predicted molar refractivity (Wildman–Crippen MR) is 112 cm³/mol. The number of anilines is 1. The third-order valence-corrected chi connectivity index (χ3v) is 5.47. The van der Waals surface area contributed by atoms with Crippen molar-refractivity contribution < 1.29 is 0 Å². The van der Waals surface area contributed by atoms with Crippen LogP contribution in [-0.4, -0.2) is 35.5 Å². The molecular weight excluding hydrogens is 333 g/mol. The van der Waals surface area contributed by atoms with Crippen molar-refractivity contribution in [3.63, 3.8) is 0 Å². The molecule has 0 saturated carbocycles. The summed E-state index contributed by atoms with van der Waals surface area (Å²) in [5, 5.41) is 10.4. The molecule has 0 N–H and O–H groups in total. The highest BCUT2D eigenvalue weighted by molar-refractivity contribution is 6.32. The maximum atomic E-state index is 9.28. The minimum absolute atomic E-state index is 0.0827. The van der Waals surface area contributed by atoms with Crippen LogP contribution in [-0.2, 0) is 0 Å². The summed E-state index contributed by atoms with van der Waals surface area (Å²) in [4.78, 5) is 11.8. The van der Waals surface area contributed by atoms with Gasteiger partial charge in [0.2, 0.25) is 0 Å². The molecule has 1 atom stereocenters.